The van der Waals surface area contributed by atoms with E-state index in [1.54, 1.807) is 11.7 Å². The van der Waals surface area contributed by atoms with Crippen molar-refractivity contribution in [2.45, 2.75) is 44.1 Å². The average Bonchev–Trinajstić information content (AvgIpc) is 3.46. The predicted octanol–water partition coefficient (Wildman–Crippen LogP) is 6.64. The summed E-state index contributed by atoms with van der Waals surface area (Å²) in [4.78, 5) is 38.1. The van der Waals surface area contributed by atoms with E-state index < -0.39 is 0 Å². The molecule has 0 radical (unpaired) electrons. The minimum Gasteiger partial charge on any atom is -0.352 e. The number of hydrogen-bond donors (Lipinski definition) is 3. The number of imidazole rings is 1. The molecule has 202 valence electrons. The van der Waals surface area contributed by atoms with Gasteiger partial charge in [-0.3, -0.25) is 14.6 Å². The van der Waals surface area contributed by atoms with E-state index in [4.69, 9.17) is 0 Å². The Labute approximate surface area is 237 Å². The lowest BCUT2D eigenvalue weighted by atomic mass is 10.1. The fourth-order valence-electron chi connectivity index (χ4n) is 4.95. The zero-order chi connectivity index (χ0) is 27.3. The maximum Gasteiger partial charge on any atom is 0.263 e. The van der Waals surface area contributed by atoms with E-state index in [0.29, 0.717) is 35.1 Å². The van der Waals surface area contributed by atoms with Crippen molar-refractivity contribution in [3.63, 3.8) is 0 Å². The van der Waals surface area contributed by atoms with Gasteiger partial charge in [0.05, 0.1) is 29.6 Å². The number of aromatic amines is 1. The lowest BCUT2D eigenvalue weighted by Gasteiger charge is -2.16. The van der Waals surface area contributed by atoms with Crippen LogP contribution in [0.2, 0.25) is 0 Å². The molecule has 2 heterocycles. The van der Waals surface area contributed by atoms with Crippen LogP contribution < -0.4 is 10.6 Å². The summed E-state index contributed by atoms with van der Waals surface area (Å²) in [5.41, 5.74) is 5.60. The summed E-state index contributed by atoms with van der Waals surface area (Å²) in [6, 6.07) is 22.2. The second-order valence-electron chi connectivity index (χ2n) is 10.3. The Morgan fingerprint density at radius 1 is 0.950 bits per heavy atom. The van der Waals surface area contributed by atoms with Crippen LogP contribution in [0.5, 0.6) is 0 Å². The molecule has 1 atom stereocenters. The molecule has 0 bridgehead atoms. The third-order valence-electron chi connectivity index (χ3n) is 7.37. The molecule has 0 aliphatic heterocycles. The summed E-state index contributed by atoms with van der Waals surface area (Å²) in [7, 11) is 0. The quantitative estimate of drug-likeness (QED) is 0.161. The third-order valence-corrected chi connectivity index (χ3v) is 8.15. The molecule has 3 N–H and O–H groups in total. The third kappa shape index (κ3) is 6.13. The highest BCUT2D eigenvalue weighted by atomic mass is 32.1. The number of thiazole rings is 1. The van der Waals surface area contributed by atoms with Gasteiger partial charge in [-0.25, -0.2) is 4.98 Å². The molecule has 1 saturated carbocycles. The SMILES string of the molecule is O=C(NCCCC[C@H](NC(=O)c1cncs1)c1ncc(-c2ccc3ccccc3c2)[nH]1)c1ccc(C2CC2)cc1. The van der Waals surface area contributed by atoms with E-state index in [2.05, 4.69) is 68.1 Å². The molecule has 0 spiro atoms. The minimum atomic E-state index is -0.297. The molecule has 2 aromatic heterocycles. The van der Waals surface area contributed by atoms with Crippen LogP contribution in [0.3, 0.4) is 0 Å². The Bertz CT molecular complexity index is 1610. The number of carbonyl (C=O) groups excluding carboxylic acids is 2. The second kappa shape index (κ2) is 11.8. The molecular formula is C32H31N5O2S. The van der Waals surface area contributed by atoms with Crippen molar-refractivity contribution in [1.29, 1.82) is 0 Å². The van der Waals surface area contributed by atoms with Crippen molar-refractivity contribution in [2.75, 3.05) is 6.54 Å². The highest BCUT2D eigenvalue weighted by molar-refractivity contribution is 7.11. The van der Waals surface area contributed by atoms with Gasteiger partial charge in [-0.2, -0.15) is 0 Å². The molecule has 2 amide bonds. The molecule has 0 unspecified atom stereocenters. The summed E-state index contributed by atoms with van der Waals surface area (Å²) in [6.07, 6.45) is 8.17. The fraction of sp³-hybridized carbons (Fsp3) is 0.250. The monoisotopic (exact) mass is 549 g/mol. The van der Waals surface area contributed by atoms with Crippen LogP contribution in [0, 0.1) is 0 Å². The summed E-state index contributed by atoms with van der Waals surface area (Å²) in [6.45, 7) is 0.569. The predicted molar refractivity (Wildman–Crippen MR) is 158 cm³/mol. The number of nitrogens with zero attached hydrogens (tertiary/aromatic N) is 2. The van der Waals surface area contributed by atoms with Crippen LogP contribution in [-0.4, -0.2) is 33.3 Å². The average molecular weight is 550 g/mol. The van der Waals surface area contributed by atoms with Crippen molar-refractivity contribution < 1.29 is 9.59 Å². The molecule has 5 aromatic rings. The van der Waals surface area contributed by atoms with Crippen LogP contribution in [0.15, 0.2) is 84.6 Å². The Hall–Kier alpha value is -4.30. The molecule has 8 heteroatoms. The number of fused-ring (bicyclic) bond motifs is 1. The van der Waals surface area contributed by atoms with Gasteiger partial charge in [-0.1, -0.05) is 48.5 Å². The molecule has 1 fully saturated rings. The highest BCUT2D eigenvalue weighted by Gasteiger charge is 2.23. The Kier molecular flexibility index (Phi) is 7.68. The van der Waals surface area contributed by atoms with E-state index in [1.807, 2.05) is 30.5 Å². The molecule has 3 aromatic carbocycles. The number of aromatic nitrogens is 3. The van der Waals surface area contributed by atoms with Crippen molar-refractivity contribution in [3.05, 3.63) is 106 Å². The largest absolute Gasteiger partial charge is 0.352 e. The second-order valence-corrected chi connectivity index (χ2v) is 11.2. The molecule has 0 saturated heterocycles. The first-order valence-electron chi connectivity index (χ1n) is 13.8. The molecule has 1 aliphatic carbocycles. The van der Waals surface area contributed by atoms with Crippen LogP contribution >= 0.6 is 11.3 Å². The maximum absolute atomic E-state index is 12.9. The molecule has 1 aliphatic rings. The van der Waals surface area contributed by atoms with Crippen molar-refractivity contribution in [1.82, 2.24) is 25.6 Å². The van der Waals surface area contributed by atoms with Gasteiger partial charge in [0.2, 0.25) is 0 Å². The summed E-state index contributed by atoms with van der Waals surface area (Å²) >= 11 is 1.31. The van der Waals surface area contributed by atoms with Crippen molar-refractivity contribution in [2.24, 2.45) is 0 Å². The maximum atomic E-state index is 12.9. The van der Waals surface area contributed by atoms with E-state index in [9.17, 15) is 9.59 Å². The van der Waals surface area contributed by atoms with Gasteiger partial charge < -0.3 is 15.6 Å². The van der Waals surface area contributed by atoms with E-state index in [0.717, 1.165) is 29.5 Å². The first-order chi connectivity index (χ1) is 19.6. The Balaban J connectivity index is 1.08. The Morgan fingerprint density at radius 3 is 2.55 bits per heavy atom. The first kappa shape index (κ1) is 26.0. The molecular weight excluding hydrogens is 518 g/mol. The van der Waals surface area contributed by atoms with Crippen molar-refractivity contribution >= 4 is 33.9 Å². The Morgan fingerprint density at radius 2 is 1.77 bits per heavy atom. The lowest BCUT2D eigenvalue weighted by molar-refractivity contribution is 0.0935. The van der Waals surface area contributed by atoms with E-state index >= 15 is 0 Å². The smallest absolute Gasteiger partial charge is 0.263 e. The highest BCUT2D eigenvalue weighted by Crippen LogP contribution is 2.39. The van der Waals surface area contributed by atoms with Gasteiger partial charge in [0.1, 0.15) is 10.7 Å². The van der Waals surface area contributed by atoms with Crippen LogP contribution in [0.25, 0.3) is 22.0 Å². The molecule has 40 heavy (non-hydrogen) atoms. The molecule has 6 rings (SSSR count). The standard InChI is InChI=1S/C32H31N5O2S/c38-31(24-13-10-23(11-14-24)22-8-9-22)34-16-4-3-7-27(37-32(39)29-19-33-20-40-29)30-35-18-28(36-30)26-15-12-21-5-1-2-6-25(21)17-26/h1-2,5-6,10-15,17-20,22,27H,3-4,7-9,16H2,(H,34,38)(H,35,36)(H,37,39)/t27-/m0/s1. The van der Waals surface area contributed by atoms with Gasteiger partial charge in [-0.05, 0) is 72.6 Å². The van der Waals surface area contributed by atoms with Crippen LogP contribution in [-0.2, 0) is 0 Å². The number of unbranched alkanes of at least 4 members (excludes halogenated alkanes) is 1. The topological polar surface area (TPSA) is 99.8 Å². The number of hydrogen-bond acceptors (Lipinski definition) is 5. The van der Waals surface area contributed by atoms with Gasteiger partial charge in [0.15, 0.2) is 0 Å². The summed E-state index contributed by atoms with van der Waals surface area (Å²) < 4.78 is 0. The summed E-state index contributed by atoms with van der Waals surface area (Å²) in [5.74, 6) is 1.17. The van der Waals surface area contributed by atoms with Crippen LogP contribution in [0.4, 0.5) is 0 Å². The zero-order valence-electron chi connectivity index (χ0n) is 22.1. The van der Waals surface area contributed by atoms with E-state index in [1.165, 1.54) is 35.1 Å². The van der Waals surface area contributed by atoms with Gasteiger partial charge in [-0.15, -0.1) is 11.3 Å². The molecule has 7 nitrogen and oxygen atoms in total. The van der Waals surface area contributed by atoms with Gasteiger partial charge >= 0.3 is 0 Å². The number of carbonyl (C=O) groups is 2. The number of benzene rings is 3. The normalized spacial score (nSPS) is 13.7. The van der Waals surface area contributed by atoms with Crippen LogP contribution in [0.1, 0.15) is 75.5 Å². The number of H-pyrrole nitrogens is 1. The lowest BCUT2D eigenvalue weighted by Crippen LogP contribution is -2.29. The van der Waals surface area contributed by atoms with Gasteiger partial charge in [0.25, 0.3) is 11.8 Å². The number of amides is 2. The van der Waals surface area contributed by atoms with Crippen molar-refractivity contribution in [3.8, 4) is 11.3 Å². The minimum absolute atomic E-state index is 0.0524. The first-order valence-corrected chi connectivity index (χ1v) is 14.6. The summed E-state index contributed by atoms with van der Waals surface area (Å²) in [5, 5.41) is 8.49. The fourth-order valence-corrected chi connectivity index (χ4v) is 5.48. The number of nitrogens with one attached hydrogen (secondary N) is 3. The van der Waals surface area contributed by atoms with Gasteiger partial charge in [0, 0.05) is 17.7 Å². The van der Waals surface area contributed by atoms with E-state index in [-0.39, 0.29) is 17.9 Å². The number of rotatable bonds is 11. The zero-order valence-corrected chi connectivity index (χ0v) is 22.9.